The third-order valence-corrected chi connectivity index (χ3v) is 3.29. The van der Waals surface area contributed by atoms with Gasteiger partial charge < -0.3 is 5.73 Å². The van der Waals surface area contributed by atoms with Crippen LogP contribution < -0.4 is 5.73 Å². The molecular weight excluding hydrogens is 236 g/mol. The number of rotatable bonds is 3. The number of pyridine rings is 1. The second kappa shape index (κ2) is 4.82. The number of fused-ring (bicyclic) bond motifs is 1. The molecule has 0 aliphatic heterocycles. The fourth-order valence-corrected chi connectivity index (χ4v) is 2.31. The Hall–Kier alpha value is -2.20. The number of para-hydroxylation sites is 1. The highest BCUT2D eigenvalue weighted by molar-refractivity contribution is 5.81. The number of nitrogens with two attached hydrogens (primary N) is 1. The summed E-state index contributed by atoms with van der Waals surface area (Å²) in [6.45, 7) is 0. The average Bonchev–Trinajstić information content (AvgIpc) is 2.86. The van der Waals surface area contributed by atoms with Crippen LogP contribution in [0.15, 0.2) is 48.8 Å². The average molecular weight is 252 g/mol. The molecule has 0 radical (unpaired) electrons. The molecule has 4 nitrogen and oxygen atoms in total. The minimum atomic E-state index is -0.0907. The van der Waals surface area contributed by atoms with Gasteiger partial charge in [0.25, 0.3) is 0 Å². The minimum Gasteiger partial charge on any atom is -0.322 e. The molecule has 3 aromatic rings. The van der Waals surface area contributed by atoms with Crippen molar-refractivity contribution >= 4 is 10.9 Å². The second-order valence-corrected chi connectivity index (χ2v) is 4.71. The molecule has 2 N–H and O–H groups in total. The number of hydrogen-bond acceptors (Lipinski definition) is 3. The maximum atomic E-state index is 6.24. The van der Waals surface area contributed by atoms with Crippen molar-refractivity contribution in [2.75, 3.05) is 0 Å². The van der Waals surface area contributed by atoms with Crippen LogP contribution in [0.2, 0.25) is 0 Å². The van der Waals surface area contributed by atoms with Crippen LogP contribution in [-0.4, -0.2) is 14.8 Å². The summed E-state index contributed by atoms with van der Waals surface area (Å²) in [6, 6.07) is 12.0. The highest BCUT2D eigenvalue weighted by atomic mass is 15.3. The minimum absolute atomic E-state index is 0.0907. The second-order valence-electron chi connectivity index (χ2n) is 4.71. The van der Waals surface area contributed by atoms with Gasteiger partial charge in [-0.1, -0.05) is 18.2 Å². The molecule has 0 amide bonds. The molecule has 0 aliphatic rings. The van der Waals surface area contributed by atoms with Gasteiger partial charge in [0.05, 0.1) is 17.3 Å². The Kier molecular flexibility index (Phi) is 3.01. The molecular formula is C15H16N4. The van der Waals surface area contributed by atoms with Gasteiger partial charge in [-0.15, -0.1) is 0 Å². The fourth-order valence-electron chi connectivity index (χ4n) is 2.31. The Labute approximate surface area is 111 Å². The summed E-state index contributed by atoms with van der Waals surface area (Å²) in [5.74, 6) is 0. The van der Waals surface area contributed by atoms with Crippen LogP contribution in [0.1, 0.15) is 17.3 Å². The molecule has 0 saturated carbocycles. The quantitative estimate of drug-likeness (QED) is 0.777. The van der Waals surface area contributed by atoms with Gasteiger partial charge in [-0.05, 0) is 30.2 Å². The lowest BCUT2D eigenvalue weighted by Gasteiger charge is -2.11. The normalized spacial score (nSPS) is 12.7. The zero-order chi connectivity index (χ0) is 13.2. The number of nitrogens with zero attached hydrogens (tertiary/aromatic N) is 3. The van der Waals surface area contributed by atoms with Crippen LogP contribution in [0.3, 0.4) is 0 Å². The van der Waals surface area contributed by atoms with E-state index < -0.39 is 0 Å². The first-order valence-electron chi connectivity index (χ1n) is 6.32. The first-order chi connectivity index (χ1) is 9.24. The zero-order valence-corrected chi connectivity index (χ0v) is 10.8. The maximum Gasteiger partial charge on any atom is 0.0795 e. The van der Waals surface area contributed by atoms with Crippen LogP contribution in [0.4, 0.5) is 0 Å². The molecule has 2 aromatic heterocycles. The van der Waals surface area contributed by atoms with Gasteiger partial charge in [-0.2, -0.15) is 5.10 Å². The summed E-state index contributed by atoms with van der Waals surface area (Å²) in [5.41, 5.74) is 9.37. The molecule has 0 saturated heterocycles. The molecule has 96 valence electrons. The van der Waals surface area contributed by atoms with E-state index >= 15 is 0 Å². The summed E-state index contributed by atoms with van der Waals surface area (Å²) in [6.07, 6.45) is 4.52. The summed E-state index contributed by atoms with van der Waals surface area (Å²) in [7, 11) is 1.90. The topological polar surface area (TPSA) is 56.7 Å². The van der Waals surface area contributed by atoms with E-state index in [1.807, 2.05) is 49.8 Å². The van der Waals surface area contributed by atoms with Crippen LogP contribution in [0.25, 0.3) is 10.9 Å². The molecule has 1 atom stereocenters. The standard InChI is InChI=1S/C15H16N4/c1-19-9-7-15(18-19)13(16)10-11-6-8-17-14-5-3-2-4-12(11)14/h2-9,13H,10,16H2,1H3. The molecule has 4 heteroatoms. The monoisotopic (exact) mass is 252 g/mol. The first kappa shape index (κ1) is 11.9. The fraction of sp³-hybridized carbons (Fsp3) is 0.200. The van der Waals surface area contributed by atoms with E-state index in [-0.39, 0.29) is 6.04 Å². The number of aryl methyl sites for hydroxylation is 1. The Balaban J connectivity index is 1.93. The number of benzene rings is 1. The summed E-state index contributed by atoms with van der Waals surface area (Å²) in [5, 5.41) is 5.53. The van der Waals surface area contributed by atoms with Crippen molar-refractivity contribution in [3.8, 4) is 0 Å². The van der Waals surface area contributed by atoms with Crippen molar-refractivity contribution in [3.63, 3.8) is 0 Å². The zero-order valence-electron chi connectivity index (χ0n) is 10.8. The molecule has 1 unspecified atom stereocenters. The molecule has 0 spiro atoms. The van der Waals surface area contributed by atoms with E-state index in [2.05, 4.69) is 16.1 Å². The SMILES string of the molecule is Cn1ccc(C(N)Cc2ccnc3ccccc23)n1. The van der Waals surface area contributed by atoms with Gasteiger partial charge in [0.15, 0.2) is 0 Å². The van der Waals surface area contributed by atoms with Gasteiger partial charge in [0.2, 0.25) is 0 Å². The van der Waals surface area contributed by atoms with Gasteiger partial charge in [-0.25, -0.2) is 0 Å². The van der Waals surface area contributed by atoms with E-state index in [1.54, 1.807) is 4.68 Å². The molecule has 0 bridgehead atoms. The Bertz CT molecular complexity index is 697. The van der Waals surface area contributed by atoms with Gasteiger partial charge in [-0.3, -0.25) is 9.67 Å². The highest BCUT2D eigenvalue weighted by Gasteiger charge is 2.11. The number of aromatic nitrogens is 3. The summed E-state index contributed by atoms with van der Waals surface area (Å²) in [4.78, 5) is 4.37. The first-order valence-corrected chi connectivity index (χ1v) is 6.32. The third-order valence-electron chi connectivity index (χ3n) is 3.29. The lowest BCUT2D eigenvalue weighted by atomic mass is 10.0. The molecule has 1 aromatic carbocycles. The predicted molar refractivity (Wildman–Crippen MR) is 75.6 cm³/mol. The van der Waals surface area contributed by atoms with Crippen molar-refractivity contribution in [3.05, 3.63) is 60.0 Å². The molecule has 0 fully saturated rings. The maximum absolute atomic E-state index is 6.24. The van der Waals surface area contributed by atoms with Crippen LogP contribution in [-0.2, 0) is 13.5 Å². The van der Waals surface area contributed by atoms with Crippen molar-refractivity contribution < 1.29 is 0 Å². The van der Waals surface area contributed by atoms with Crippen LogP contribution in [0.5, 0.6) is 0 Å². The van der Waals surface area contributed by atoms with Crippen molar-refractivity contribution in [2.24, 2.45) is 12.8 Å². The van der Waals surface area contributed by atoms with E-state index in [1.165, 1.54) is 5.56 Å². The molecule has 3 rings (SSSR count). The summed E-state index contributed by atoms with van der Waals surface area (Å²) >= 11 is 0. The molecule has 19 heavy (non-hydrogen) atoms. The van der Waals surface area contributed by atoms with Crippen molar-refractivity contribution in [1.82, 2.24) is 14.8 Å². The van der Waals surface area contributed by atoms with Gasteiger partial charge >= 0.3 is 0 Å². The third kappa shape index (κ3) is 2.35. The van der Waals surface area contributed by atoms with Crippen molar-refractivity contribution in [2.45, 2.75) is 12.5 Å². The van der Waals surface area contributed by atoms with E-state index in [0.717, 1.165) is 23.0 Å². The highest BCUT2D eigenvalue weighted by Crippen LogP contribution is 2.21. The van der Waals surface area contributed by atoms with Crippen LogP contribution in [0, 0.1) is 0 Å². The lowest BCUT2D eigenvalue weighted by Crippen LogP contribution is -2.14. The lowest BCUT2D eigenvalue weighted by molar-refractivity contribution is 0.659. The van der Waals surface area contributed by atoms with Gasteiger partial charge in [0, 0.05) is 24.8 Å². The van der Waals surface area contributed by atoms with Crippen LogP contribution >= 0.6 is 0 Å². The summed E-state index contributed by atoms with van der Waals surface area (Å²) < 4.78 is 1.78. The van der Waals surface area contributed by atoms with E-state index in [4.69, 9.17) is 5.73 Å². The Morgan fingerprint density at radius 3 is 2.84 bits per heavy atom. The smallest absolute Gasteiger partial charge is 0.0795 e. The number of hydrogen-bond donors (Lipinski definition) is 1. The van der Waals surface area contributed by atoms with E-state index in [0.29, 0.717) is 0 Å². The Morgan fingerprint density at radius 2 is 2.05 bits per heavy atom. The molecule has 0 aliphatic carbocycles. The van der Waals surface area contributed by atoms with Crippen molar-refractivity contribution in [1.29, 1.82) is 0 Å². The van der Waals surface area contributed by atoms with E-state index in [9.17, 15) is 0 Å². The van der Waals surface area contributed by atoms with Gasteiger partial charge in [0.1, 0.15) is 0 Å². The molecule has 2 heterocycles. The predicted octanol–water partition coefficient (Wildman–Crippen LogP) is 2.21. The Morgan fingerprint density at radius 1 is 1.21 bits per heavy atom. The largest absolute Gasteiger partial charge is 0.322 e.